The van der Waals surface area contributed by atoms with Crippen LogP contribution in [0.3, 0.4) is 0 Å². The molecule has 3 aromatic rings. The average molecular weight is 333 g/mol. The number of benzene rings is 2. The first kappa shape index (κ1) is 16.0. The lowest BCUT2D eigenvalue weighted by atomic mass is 10.1. The molecule has 0 atom stereocenters. The van der Waals surface area contributed by atoms with Crippen molar-refractivity contribution in [1.29, 1.82) is 0 Å². The van der Waals surface area contributed by atoms with Crippen molar-refractivity contribution in [2.75, 3.05) is 5.32 Å². The van der Waals surface area contributed by atoms with Crippen molar-refractivity contribution < 1.29 is 18.0 Å². The fourth-order valence-electron chi connectivity index (χ4n) is 2.51. The van der Waals surface area contributed by atoms with Gasteiger partial charge in [-0.25, -0.2) is 4.98 Å². The molecule has 1 N–H and O–H groups in total. The summed E-state index contributed by atoms with van der Waals surface area (Å²) in [6.45, 7) is 1.85. The Kier molecular flexibility index (Phi) is 3.79. The minimum absolute atomic E-state index is 0.410. The average Bonchev–Trinajstić information content (AvgIpc) is 2.81. The number of rotatable bonds is 2. The Balaban J connectivity index is 1.95. The zero-order valence-electron chi connectivity index (χ0n) is 13.0. The highest BCUT2D eigenvalue weighted by Gasteiger charge is 2.34. The fourth-order valence-corrected chi connectivity index (χ4v) is 2.51. The van der Waals surface area contributed by atoms with Gasteiger partial charge in [0, 0.05) is 12.7 Å². The van der Waals surface area contributed by atoms with Crippen LogP contribution in [0.25, 0.3) is 11.0 Å². The summed E-state index contributed by atoms with van der Waals surface area (Å²) in [6, 6.07) is 9.72. The molecule has 0 spiro atoms. The highest BCUT2D eigenvalue weighted by atomic mass is 19.4. The zero-order chi connectivity index (χ0) is 17.5. The summed E-state index contributed by atoms with van der Waals surface area (Å²) in [6.07, 6.45) is -4.59. The van der Waals surface area contributed by atoms with E-state index in [0.717, 1.165) is 29.0 Å². The van der Waals surface area contributed by atoms with Crippen LogP contribution in [0.15, 0.2) is 42.5 Å². The maximum absolute atomic E-state index is 13.0. The van der Waals surface area contributed by atoms with Crippen molar-refractivity contribution in [1.82, 2.24) is 9.55 Å². The number of halogens is 3. The number of amides is 1. The first-order valence-electron chi connectivity index (χ1n) is 7.18. The Hall–Kier alpha value is -2.83. The number of aromatic nitrogens is 2. The third-order valence-electron chi connectivity index (χ3n) is 3.84. The van der Waals surface area contributed by atoms with Crippen molar-refractivity contribution in [3.63, 3.8) is 0 Å². The second-order valence-corrected chi connectivity index (χ2v) is 5.42. The molecule has 0 bridgehead atoms. The minimum atomic E-state index is -4.59. The van der Waals surface area contributed by atoms with Crippen LogP contribution in [-0.2, 0) is 13.2 Å². The van der Waals surface area contributed by atoms with Crippen LogP contribution in [0, 0.1) is 6.92 Å². The highest BCUT2D eigenvalue weighted by molar-refractivity contribution is 6.06. The lowest BCUT2D eigenvalue weighted by Gasteiger charge is -2.12. The molecule has 1 amide bonds. The number of nitrogens with zero attached hydrogens (tertiary/aromatic N) is 2. The highest BCUT2D eigenvalue weighted by Crippen LogP contribution is 2.32. The first-order chi connectivity index (χ1) is 11.3. The van der Waals surface area contributed by atoms with E-state index in [-0.39, 0.29) is 0 Å². The number of imidazole rings is 1. The molecule has 2 aromatic carbocycles. The fraction of sp³-hybridized carbons (Fsp3) is 0.176. The molecular weight excluding hydrogens is 319 g/mol. The number of hydrogen-bond acceptors (Lipinski definition) is 2. The largest absolute Gasteiger partial charge is 0.417 e. The van der Waals surface area contributed by atoms with Gasteiger partial charge in [0.1, 0.15) is 5.82 Å². The smallest absolute Gasteiger partial charge is 0.331 e. The normalized spacial score (nSPS) is 11.7. The van der Waals surface area contributed by atoms with Gasteiger partial charge in [0.25, 0.3) is 5.91 Å². The summed E-state index contributed by atoms with van der Waals surface area (Å²) in [7, 11) is 1.83. The maximum atomic E-state index is 13.0. The number of fused-ring (bicyclic) bond motifs is 1. The topological polar surface area (TPSA) is 46.9 Å². The number of nitrogens with one attached hydrogen (secondary N) is 1. The second kappa shape index (κ2) is 5.67. The van der Waals surface area contributed by atoms with Crippen molar-refractivity contribution in [2.45, 2.75) is 13.1 Å². The summed E-state index contributed by atoms with van der Waals surface area (Å²) in [5.41, 5.74) is 0.580. The molecule has 0 aliphatic heterocycles. The first-order valence-corrected chi connectivity index (χ1v) is 7.18. The second-order valence-electron chi connectivity index (χ2n) is 5.42. The molecule has 0 saturated carbocycles. The molecule has 124 valence electrons. The Morgan fingerprint density at radius 3 is 2.58 bits per heavy atom. The molecular formula is C17H14F3N3O. The Bertz CT molecular complexity index is 928. The number of carbonyl (C=O) groups is 1. The lowest BCUT2D eigenvalue weighted by Crippen LogP contribution is -2.18. The predicted molar refractivity (Wildman–Crippen MR) is 84.8 cm³/mol. The summed E-state index contributed by atoms with van der Waals surface area (Å²) in [5.74, 6) is -0.00272. The van der Waals surface area contributed by atoms with Gasteiger partial charge in [-0.05, 0) is 37.3 Å². The van der Waals surface area contributed by atoms with Crippen LogP contribution >= 0.6 is 0 Å². The summed E-state index contributed by atoms with van der Waals surface area (Å²) < 4.78 is 40.9. The molecule has 3 rings (SSSR count). The predicted octanol–water partition coefficient (Wildman–Crippen LogP) is 4.15. The van der Waals surface area contributed by atoms with Gasteiger partial charge in [-0.3, -0.25) is 4.79 Å². The van der Waals surface area contributed by atoms with E-state index < -0.39 is 23.2 Å². The van der Waals surface area contributed by atoms with Crippen LogP contribution in [-0.4, -0.2) is 15.5 Å². The molecule has 24 heavy (non-hydrogen) atoms. The van der Waals surface area contributed by atoms with Gasteiger partial charge in [0.05, 0.1) is 22.2 Å². The van der Waals surface area contributed by atoms with Gasteiger partial charge in [-0.1, -0.05) is 12.1 Å². The quantitative estimate of drug-likeness (QED) is 0.766. The van der Waals surface area contributed by atoms with Crippen molar-refractivity contribution >= 4 is 22.6 Å². The lowest BCUT2D eigenvalue weighted by molar-refractivity contribution is -0.137. The van der Waals surface area contributed by atoms with Gasteiger partial charge in [-0.2, -0.15) is 13.2 Å². The van der Waals surface area contributed by atoms with Crippen molar-refractivity contribution in [3.05, 3.63) is 59.4 Å². The van der Waals surface area contributed by atoms with E-state index in [1.54, 1.807) is 18.2 Å². The van der Waals surface area contributed by atoms with E-state index in [9.17, 15) is 18.0 Å². The van der Waals surface area contributed by atoms with E-state index in [0.29, 0.717) is 5.69 Å². The molecule has 0 unspecified atom stereocenters. The van der Waals surface area contributed by atoms with E-state index in [4.69, 9.17) is 0 Å². The Morgan fingerprint density at radius 2 is 1.88 bits per heavy atom. The van der Waals surface area contributed by atoms with Gasteiger partial charge in [0.15, 0.2) is 0 Å². The van der Waals surface area contributed by atoms with E-state index in [1.807, 2.05) is 18.5 Å². The van der Waals surface area contributed by atoms with Crippen LogP contribution < -0.4 is 5.32 Å². The Labute approximate surface area is 135 Å². The molecule has 0 aliphatic rings. The van der Waals surface area contributed by atoms with E-state index >= 15 is 0 Å². The number of carbonyl (C=O) groups excluding carboxylic acids is 1. The number of aryl methyl sites for hydroxylation is 2. The SMILES string of the molecule is Cc1nc2ccc(NC(=O)c3ccccc3C(F)(F)F)cc2n1C. The number of alkyl halides is 3. The van der Waals surface area contributed by atoms with Crippen LogP contribution in [0.2, 0.25) is 0 Å². The molecule has 7 heteroatoms. The van der Waals surface area contributed by atoms with Crippen LogP contribution in [0.4, 0.5) is 18.9 Å². The van der Waals surface area contributed by atoms with E-state index in [1.165, 1.54) is 12.1 Å². The third kappa shape index (κ3) is 2.84. The molecule has 0 radical (unpaired) electrons. The molecule has 0 saturated heterocycles. The van der Waals surface area contributed by atoms with Crippen LogP contribution in [0.1, 0.15) is 21.7 Å². The standard InChI is InChI=1S/C17H14F3N3O/c1-10-21-14-8-7-11(9-15(14)23(10)2)22-16(24)12-5-3-4-6-13(12)17(18,19)20/h3-9H,1-2H3,(H,22,24). The zero-order valence-corrected chi connectivity index (χ0v) is 13.0. The monoisotopic (exact) mass is 333 g/mol. The summed E-state index contributed by atoms with van der Waals surface area (Å²) >= 11 is 0. The van der Waals surface area contributed by atoms with Gasteiger partial charge in [-0.15, -0.1) is 0 Å². The van der Waals surface area contributed by atoms with Gasteiger partial charge < -0.3 is 9.88 Å². The molecule has 4 nitrogen and oxygen atoms in total. The number of anilines is 1. The van der Waals surface area contributed by atoms with E-state index in [2.05, 4.69) is 10.3 Å². The Morgan fingerprint density at radius 1 is 1.17 bits per heavy atom. The van der Waals surface area contributed by atoms with Gasteiger partial charge in [0.2, 0.25) is 0 Å². The number of hydrogen-bond donors (Lipinski definition) is 1. The summed E-state index contributed by atoms with van der Waals surface area (Å²) in [5, 5.41) is 2.52. The molecule has 0 fully saturated rings. The minimum Gasteiger partial charge on any atom is -0.331 e. The summed E-state index contributed by atoms with van der Waals surface area (Å²) in [4.78, 5) is 16.6. The van der Waals surface area contributed by atoms with Crippen molar-refractivity contribution in [2.24, 2.45) is 7.05 Å². The maximum Gasteiger partial charge on any atom is 0.417 e. The van der Waals surface area contributed by atoms with Crippen LogP contribution in [0.5, 0.6) is 0 Å². The van der Waals surface area contributed by atoms with Gasteiger partial charge >= 0.3 is 6.18 Å². The van der Waals surface area contributed by atoms with Crippen molar-refractivity contribution in [3.8, 4) is 0 Å². The third-order valence-corrected chi connectivity index (χ3v) is 3.84. The molecule has 0 aliphatic carbocycles. The molecule has 1 heterocycles. The molecule has 1 aromatic heterocycles.